The Kier molecular flexibility index (Phi) is 5.63. The number of carbonyl (C=O) groups is 2. The van der Waals surface area contributed by atoms with Gasteiger partial charge in [-0.25, -0.2) is 0 Å². The summed E-state index contributed by atoms with van der Waals surface area (Å²) in [5.41, 5.74) is 0. The van der Waals surface area contributed by atoms with Crippen molar-refractivity contribution in [2.24, 2.45) is 5.92 Å². The first-order chi connectivity index (χ1) is 8.91. The minimum absolute atomic E-state index is 0.120. The third-order valence-corrected chi connectivity index (χ3v) is 2.68. The van der Waals surface area contributed by atoms with Gasteiger partial charge in [0.05, 0.1) is 5.02 Å². The molecule has 1 aromatic rings. The molecule has 0 heterocycles. The lowest BCUT2D eigenvalue weighted by atomic mass is 10.1. The molecule has 0 aliphatic heterocycles. The summed E-state index contributed by atoms with van der Waals surface area (Å²) in [6, 6.07) is 6.81. The van der Waals surface area contributed by atoms with Crippen molar-refractivity contribution in [2.75, 3.05) is 6.54 Å². The molecule has 0 radical (unpaired) electrons. The van der Waals surface area contributed by atoms with E-state index in [1.165, 1.54) is 0 Å². The lowest BCUT2D eigenvalue weighted by molar-refractivity contribution is -0.139. The van der Waals surface area contributed by atoms with Crippen molar-refractivity contribution < 1.29 is 19.4 Å². The normalized spacial score (nSPS) is 12.0. The van der Waals surface area contributed by atoms with E-state index in [9.17, 15) is 9.59 Å². The summed E-state index contributed by atoms with van der Waals surface area (Å²) >= 11 is 5.95. The number of rotatable bonds is 6. The third-order valence-electron chi connectivity index (χ3n) is 2.37. The number of amides is 1. The van der Waals surface area contributed by atoms with E-state index in [1.807, 2.05) is 13.8 Å². The van der Waals surface area contributed by atoms with Crippen molar-refractivity contribution >= 4 is 23.5 Å². The van der Waals surface area contributed by atoms with Crippen molar-refractivity contribution in [1.29, 1.82) is 0 Å². The predicted octanol–water partition coefficient (Wildman–Crippen LogP) is 1.94. The summed E-state index contributed by atoms with van der Waals surface area (Å²) in [7, 11) is 0. The van der Waals surface area contributed by atoms with Crippen LogP contribution in [-0.2, 0) is 9.59 Å². The van der Waals surface area contributed by atoms with Crippen molar-refractivity contribution in [1.82, 2.24) is 5.32 Å². The molecule has 0 aromatic heterocycles. The highest BCUT2D eigenvalue weighted by atomic mass is 35.5. The van der Waals surface area contributed by atoms with Gasteiger partial charge in [0.25, 0.3) is 5.91 Å². The maximum absolute atomic E-state index is 11.9. The van der Waals surface area contributed by atoms with E-state index in [0.717, 1.165) is 0 Å². The van der Waals surface area contributed by atoms with Crippen LogP contribution < -0.4 is 10.1 Å². The Morgan fingerprint density at radius 3 is 2.53 bits per heavy atom. The molecule has 0 aliphatic rings. The highest BCUT2D eigenvalue weighted by molar-refractivity contribution is 6.32. The van der Waals surface area contributed by atoms with Gasteiger partial charge in [-0.2, -0.15) is 0 Å². The van der Waals surface area contributed by atoms with Gasteiger partial charge in [0, 0.05) is 0 Å². The van der Waals surface area contributed by atoms with Crippen LogP contribution >= 0.6 is 11.6 Å². The largest absolute Gasteiger partial charge is 0.480 e. The lowest BCUT2D eigenvalue weighted by Crippen LogP contribution is -2.43. The highest BCUT2D eigenvalue weighted by Gasteiger charge is 2.25. The molecule has 1 aromatic carbocycles. The standard InChI is InChI=1S/C13H16ClNO4/c1-8(2)12(13(18)15-7-11(16)17)19-10-6-4-3-5-9(10)14/h3-6,8,12H,7H2,1-2H3,(H,15,18)(H,16,17). The molecule has 6 heteroatoms. The molecule has 5 nitrogen and oxygen atoms in total. The van der Waals surface area contributed by atoms with Gasteiger partial charge in [-0.1, -0.05) is 37.6 Å². The van der Waals surface area contributed by atoms with Gasteiger partial charge in [-0.15, -0.1) is 0 Å². The molecule has 0 aliphatic carbocycles. The number of carbonyl (C=O) groups excluding carboxylic acids is 1. The van der Waals surface area contributed by atoms with Crippen LogP contribution in [0.2, 0.25) is 5.02 Å². The monoisotopic (exact) mass is 285 g/mol. The molecule has 2 N–H and O–H groups in total. The minimum Gasteiger partial charge on any atom is -0.480 e. The van der Waals surface area contributed by atoms with Crippen LogP contribution in [0.4, 0.5) is 0 Å². The van der Waals surface area contributed by atoms with Crippen LogP contribution in [0.15, 0.2) is 24.3 Å². The van der Waals surface area contributed by atoms with Crippen molar-refractivity contribution in [3.05, 3.63) is 29.3 Å². The maximum Gasteiger partial charge on any atom is 0.322 e. The molecule has 1 rings (SSSR count). The molecule has 0 spiro atoms. The quantitative estimate of drug-likeness (QED) is 0.837. The number of hydrogen-bond acceptors (Lipinski definition) is 3. The van der Waals surface area contributed by atoms with E-state index >= 15 is 0 Å². The molecular weight excluding hydrogens is 270 g/mol. The average Bonchev–Trinajstić information content (AvgIpc) is 2.34. The van der Waals surface area contributed by atoms with Crippen LogP contribution in [-0.4, -0.2) is 29.6 Å². The van der Waals surface area contributed by atoms with Gasteiger partial charge < -0.3 is 15.2 Å². The number of hydrogen-bond donors (Lipinski definition) is 2. The molecule has 0 fully saturated rings. The number of halogens is 1. The van der Waals surface area contributed by atoms with Crippen LogP contribution in [0.25, 0.3) is 0 Å². The molecule has 1 atom stereocenters. The number of benzene rings is 1. The Bertz CT molecular complexity index is 462. The minimum atomic E-state index is -1.10. The van der Waals surface area contributed by atoms with E-state index in [-0.39, 0.29) is 5.92 Å². The van der Waals surface area contributed by atoms with Gasteiger partial charge in [0.2, 0.25) is 0 Å². The molecule has 104 valence electrons. The molecule has 1 unspecified atom stereocenters. The van der Waals surface area contributed by atoms with E-state index in [0.29, 0.717) is 10.8 Å². The van der Waals surface area contributed by atoms with Crippen LogP contribution in [0.5, 0.6) is 5.75 Å². The van der Waals surface area contributed by atoms with Gasteiger partial charge in [-0.3, -0.25) is 9.59 Å². The predicted molar refractivity (Wildman–Crippen MR) is 71.4 cm³/mol. The second-order valence-electron chi connectivity index (χ2n) is 4.32. The Hall–Kier alpha value is -1.75. The number of aliphatic carboxylic acids is 1. The fourth-order valence-electron chi connectivity index (χ4n) is 1.43. The Balaban J connectivity index is 2.76. The molecular formula is C13H16ClNO4. The zero-order valence-corrected chi connectivity index (χ0v) is 11.5. The second-order valence-corrected chi connectivity index (χ2v) is 4.73. The molecule has 0 saturated carbocycles. The number of nitrogens with one attached hydrogen (secondary N) is 1. The molecule has 0 bridgehead atoms. The second kappa shape index (κ2) is 6.99. The number of carboxylic acids is 1. The van der Waals surface area contributed by atoms with E-state index in [4.69, 9.17) is 21.4 Å². The topological polar surface area (TPSA) is 75.6 Å². The summed E-state index contributed by atoms with van der Waals surface area (Å²) in [5.74, 6) is -1.30. The third kappa shape index (κ3) is 4.79. The van der Waals surface area contributed by atoms with Crippen molar-refractivity contribution in [3.8, 4) is 5.75 Å². The zero-order chi connectivity index (χ0) is 14.4. The van der Waals surface area contributed by atoms with E-state index in [1.54, 1.807) is 24.3 Å². The van der Waals surface area contributed by atoms with E-state index in [2.05, 4.69) is 5.32 Å². The first-order valence-electron chi connectivity index (χ1n) is 5.82. The molecule has 0 saturated heterocycles. The fourth-order valence-corrected chi connectivity index (χ4v) is 1.61. The Labute approximate surface area is 116 Å². The summed E-state index contributed by atoms with van der Waals surface area (Å²) in [5, 5.41) is 11.2. The van der Waals surface area contributed by atoms with Crippen molar-refractivity contribution in [2.45, 2.75) is 20.0 Å². The van der Waals surface area contributed by atoms with Crippen LogP contribution in [0.1, 0.15) is 13.8 Å². The first kappa shape index (κ1) is 15.3. The van der Waals surface area contributed by atoms with Crippen LogP contribution in [0, 0.1) is 5.92 Å². The van der Waals surface area contributed by atoms with E-state index < -0.39 is 24.5 Å². The van der Waals surface area contributed by atoms with Crippen molar-refractivity contribution in [3.63, 3.8) is 0 Å². The fraction of sp³-hybridized carbons (Fsp3) is 0.385. The summed E-state index contributed by atoms with van der Waals surface area (Å²) in [4.78, 5) is 22.3. The Morgan fingerprint density at radius 2 is 2.00 bits per heavy atom. The Morgan fingerprint density at radius 1 is 1.37 bits per heavy atom. The van der Waals surface area contributed by atoms with Crippen LogP contribution in [0.3, 0.4) is 0 Å². The van der Waals surface area contributed by atoms with Gasteiger partial charge in [0.1, 0.15) is 12.3 Å². The molecule has 1 amide bonds. The zero-order valence-electron chi connectivity index (χ0n) is 10.7. The van der Waals surface area contributed by atoms with Gasteiger partial charge in [-0.05, 0) is 18.1 Å². The summed E-state index contributed by atoms with van der Waals surface area (Å²) in [6.45, 7) is 3.18. The lowest BCUT2D eigenvalue weighted by Gasteiger charge is -2.22. The summed E-state index contributed by atoms with van der Waals surface area (Å²) < 4.78 is 5.56. The van der Waals surface area contributed by atoms with Gasteiger partial charge in [0.15, 0.2) is 6.10 Å². The molecule has 19 heavy (non-hydrogen) atoms. The number of para-hydroxylation sites is 1. The SMILES string of the molecule is CC(C)C(Oc1ccccc1Cl)C(=O)NCC(=O)O. The average molecular weight is 286 g/mol. The maximum atomic E-state index is 11.9. The highest BCUT2D eigenvalue weighted by Crippen LogP contribution is 2.25. The number of ether oxygens (including phenoxy) is 1. The smallest absolute Gasteiger partial charge is 0.322 e. The van der Waals surface area contributed by atoms with Gasteiger partial charge >= 0.3 is 5.97 Å². The summed E-state index contributed by atoms with van der Waals surface area (Å²) in [6.07, 6.45) is -0.792. The number of carboxylic acid groups (broad SMARTS) is 1. The first-order valence-corrected chi connectivity index (χ1v) is 6.20.